The maximum atomic E-state index is 15.0. The zero-order valence-electron chi connectivity index (χ0n) is 16.9. The van der Waals surface area contributed by atoms with E-state index in [1.807, 2.05) is 36.4 Å². The van der Waals surface area contributed by atoms with E-state index in [0.717, 1.165) is 17.5 Å². The standard InChI is InChI=1S/C24H19ClFN3O3/c25-16-11-18-23(29-24(27-18)32-20-12-31-19-8-9-30-22(19)20)28-21(16)15-7-6-14(10-17(15)26)13-4-2-1-3-5-13/h1-7,10-11,19-20,22H,8-9,12H2,(H,27,28,29)/t19-,20?,22+/m1/s1. The molecule has 2 aromatic carbocycles. The summed E-state index contributed by atoms with van der Waals surface area (Å²) in [5.41, 5.74) is 3.37. The van der Waals surface area contributed by atoms with E-state index in [4.69, 9.17) is 25.8 Å². The molecule has 0 aliphatic carbocycles. The summed E-state index contributed by atoms with van der Waals surface area (Å²) in [5.74, 6) is -0.403. The van der Waals surface area contributed by atoms with Gasteiger partial charge in [-0.1, -0.05) is 48.0 Å². The van der Waals surface area contributed by atoms with Crippen molar-refractivity contribution < 1.29 is 18.6 Å². The molecule has 2 aliphatic rings. The number of aromatic amines is 1. The molecule has 2 aliphatic heterocycles. The Labute approximate surface area is 188 Å². The molecular weight excluding hydrogens is 433 g/mol. The summed E-state index contributed by atoms with van der Waals surface area (Å²) in [7, 11) is 0. The molecule has 0 amide bonds. The molecule has 162 valence electrons. The lowest BCUT2D eigenvalue weighted by atomic mass is 10.0. The molecule has 2 aromatic heterocycles. The Kier molecular flexibility index (Phi) is 4.82. The fourth-order valence-corrected chi connectivity index (χ4v) is 4.59. The number of hydrogen-bond donors (Lipinski definition) is 1. The molecule has 0 spiro atoms. The van der Waals surface area contributed by atoms with Gasteiger partial charge in [0, 0.05) is 12.2 Å². The first-order chi connectivity index (χ1) is 15.7. The number of fused-ring (bicyclic) bond motifs is 2. The highest BCUT2D eigenvalue weighted by atomic mass is 35.5. The average Bonchev–Trinajstić information content (AvgIpc) is 3.51. The molecule has 3 atom stereocenters. The number of benzene rings is 2. The molecule has 8 heteroatoms. The van der Waals surface area contributed by atoms with E-state index in [-0.39, 0.29) is 18.3 Å². The lowest BCUT2D eigenvalue weighted by Crippen LogP contribution is -2.32. The lowest BCUT2D eigenvalue weighted by molar-refractivity contribution is 0.0273. The first-order valence-electron chi connectivity index (χ1n) is 10.5. The molecule has 1 N–H and O–H groups in total. The third kappa shape index (κ3) is 3.43. The van der Waals surface area contributed by atoms with E-state index >= 15 is 4.39 Å². The minimum Gasteiger partial charge on any atom is -0.456 e. The minimum atomic E-state index is -0.403. The number of nitrogens with one attached hydrogen (secondary N) is 1. The molecule has 4 aromatic rings. The summed E-state index contributed by atoms with van der Waals surface area (Å²) < 4.78 is 32.4. The van der Waals surface area contributed by atoms with Gasteiger partial charge in [0.15, 0.2) is 11.8 Å². The van der Waals surface area contributed by atoms with Gasteiger partial charge in [0.05, 0.1) is 28.9 Å². The summed E-state index contributed by atoms with van der Waals surface area (Å²) >= 11 is 6.46. The van der Waals surface area contributed by atoms with Crippen LogP contribution in [0.1, 0.15) is 6.42 Å². The summed E-state index contributed by atoms with van der Waals surface area (Å²) in [6.07, 6.45) is 0.624. The Morgan fingerprint density at radius 3 is 2.75 bits per heavy atom. The van der Waals surface area contributed by atoms with E-state index in [1.54, 1.807) is 12.1 Å². The second-order valence-electron chi connectivity index (χ2n) is 7.94. The number of pyridine rings is 1. The Balaban J connectivity index is 1.31. The number of nitrogens with zero attached hydrogens (tertiary/aromatic N) is 2. The van der Waals surface area contributed by atoms with Crippen LogP contribution in [0.2, 0.25) is 5.02 Å². The number of H-pyrrole nitrogens is 1. The van der Waals surface area contributed by atoms with Gasteiger partial charge in [-0.3, -0.25) is 0 Å². The summed E-state index contributed by atoms with van der Waals surface area (Å²) in [5, 5.41) is 0.322. The third-order valence-electron chi connectivity index (χ3n) is 5.92. The van der Waals surface area contributed by atoms with Gasteiger partial charge in [-0.15, -0.1) is 0 Å². The number of hydrogen-bond acceptors (Lipinski definition) is 5. The van der Waals surface area contributed by atoms with Crippen LogP contribution in [0.15, 0.2) is 54.6 Å². The maximum absolute atomic E-state index is 15.0. The number of imidazole rings is 1. The maximum Gasteiger partial charge on any atom is 0.296 e. The number of ether oxygens (including phenoxy) is 3. The van der Waals surface area contributed by atoms with Crippen molar-refractivity contribution in [2.24, 2.45) is 0 Å². The van der Waals surface area contributed by atoms with Crippen LogP contribution < -0.4 is 4.74 Å². The quantitative estimate of drug-likeness (QED) is 0.472. The molecule has 0 radical (unpaired) electrons. The molecule has 2 fully saturated rings. The minimum absolute atomic E-state index is 0.0744. The summed E-state index contributed by atoms with van der Waals surface area (Å²) in [6.45, 7) is 1.12. The highest BCUT2D eigenvalue weighted by Crippen LogP contribution is 2.34. The van der Waals surface area contributed by atoms with Crippen LogP contribution in [-0.4, -0.2) is 46.5 Å². The van der Waals surface area contributed by atoms with Crippen molar-refractivity contribution >= 4 is 22.8 Å². The van der Waals surface area contributed by atoms with Gasteiger partial charge in [-0.05, 0) is 35.7 Å². The van der Waals surface area contributed by atoms with Crippen LogP contribution in [0.3, 0.4) is 0 Å². The van der Waals surface area contributed by atoms with Crippen molar-refractivity contribution in [2.45, 2.75) is 24.7 Å². The fourth-order valence-electron chi connectivity index (χ4n) is 4.33. The van der Waals surface area contributed by atoms with Crippen LogP contribution in [0.5, 0.6) is 6.01 Å². The zero-order valence-corrected chi connectivity index (χ0v) is 17.7. The Hall–Kier alpha value is -3.00. The van der Waals surface area contributed by atoms with E-state index in [0.29, 0.717) is 46.7 Å². The molecule has 0 saturated carbocycles. The van der Waals surface area contributed by atoms with Crippen LogP contribution in [0, 0.1) is 5.82 Å². The lowest BCUT2D eigenvalue weighted by Gasteiger charge is -2.15. The average molecular weight is 452 g/mol. The molecule has 0 bridgehead atoms. The van der Waals surface area contributed by atoms with Gasteiger partial charge in [0.2, 0.25) is 0 Å². The van der Waals surface area contributed by atoms with Crippen molar-refractivity contribution in [1.82, 2.24) is 15.0 Å². The largest absolute Gasteiger partial charge is 0.456 e. The van der Waals surface area contributed by atoms with Gasteiger partial charge in [-0.2, -0.15) is 4.98 Å². The molecule has 32 heavy (non-hydrogen) atoms. The van der Waals surface area contributed by atoms with Crippen LogP contribution in [0.25, 0.3) is 33.5 Å². The third-order valence-corrected chi connectivity index (χ3v) is 6.21. The van der Waals surface area contributed by atoms with Gasteiger partial charge >= 0.3 is 0 Å². The van der Waals surface area contributed by atoms with E-state index < -0.39 is 5.82 Å². The topological polar surface area (TPSA) is 69.3 Å². The van der Waals surface area contributed by atoms with Crippen molar-refractivity contribution in [3.05, 3.63) is 65.4 Å². The van der Waals surface area contributed by atoms with Crippen molar-refractivity contribution in [1.29, 1.82) is 0 Å². The van der Waals surface area contributed by atoms with Gasteiger partial charge in [-0.25, -0.2) is 9.37 Å². The predicted molar refractivity (Wildman–Crippen MR) is 118 cm³/mol. The predicted octanol–water partition coefficient (Wildman–Crippen LogP) is 5.02. The summed E-state index contributed by atoms with van der Waals surface area (Å²) in [4.78, 5) is 12.0. The van der Waals surface area contributed by atoms with Crippen molar-refractivity contribution in [3.63, 3.8) is 0 Å². The van der Waals surface area contributed by atoms with Crippen molar-refractivity contribution in [2.75, 3.05) is 13.2 Å². The Morgan fingerprint density at radius 2 is 1.91 bits per heavy atom. The van der Waals surface area contributed by atoms with E-state index in [9.17, 15) is 0 Å². The van der Waals surface area contributed by atoms with E-state index in [1.165, 1.54) is 6.07 Å². The first kappa shape index (κ1) is 19.7. The highest BCUT2D eigenvalue weighted by molar-refractivity contribution is 6.33. The fraction of sp³-hybridized carbons (Fsp3) is 0.250. The SMILES string of the molecule is Fc1cc(-c2ccccc2)ccc1-c1nc2nc(OC3CO[C@@H]4CCO[C@H]34)[nH]c2cc1Cl. The van der Waals surface area contributed by atoms with Crippen LogP contribution in [0.4, 0.5) is 4.39 Å². The van der Waals surface area contributed by atoms with Crippen LogP contribution in [-0.2, 0) is 9.47 Å². The zero-order chi connectivity index (χ0) is 21.7. The second kappa shape index (κ2) is 7.85. The Bertz CT molecular complexity index is 1300. The molecule has 1 unspecified atom stereocenters. The number of aromatic nitrogens is 3. The molecule has 6 nitrogen and oxygen atoms in total. The highest BCUT2D eigenvalue weighted by Gasteiger charge is 2.43. The molecular formula is C24H19ClFN3O3. The van der Waals surface area contributed by atoms with E-state index in [2.05, 4.69) is 15.0 Å². The summed E-state index contributed by atoms with van der Waals surface area (Å²) in [6, 6.07) is 16.7. The molecule has 4 heterocycles. The van der Waals surface area contributed by atoms with Gasteiger partial charge < -0.3 is 19.2 Å². The first-order valence-corrected chi connectivity index (χ1v) is 10.8. The Morgan fingerprint density at radius 1 is 1.03 bits per heavy atom. The number of rotatable bonds is 4. The molecule has 2 saturated heterocycles. The number of halogens is 2. The van der Waals surface area contributed by atoms with Gasteiger partial charge in [0.1, 0.15) is 11.9 Å². The smallest absolute Gasteiger partial charge is 0.296 e. The second-order valence-corrected chi connectivity index (χ2v) is 8.35. The van der Waals surface area contributed by atoms with Gasteiger partial charge in [0.25, 0.3) is 6.01 Å². The molecule has 6 rings (SSSR count). The van der Waals surface area contributed by atoms with Crippen LogP contribution >= 0.6 is 11.6 Å². The monoisotopic (exact) mass is 451 g/mol. The normalized spacial score (nSPS) is 22.4. The van der Waals surface area contributed by atoms with Crippen molar-refractivity contribution in [3.8, 4) is 28.4 Å².